The summed E-state index contributed by atoms with van der Waals surface area (Å²) in [5.74, 6) is 1.52. The van der Waals surface area contributed by atoms with Crippen molar-refractivity contribution in [3.8, 4) is 0 Å². The molecule has 1 saturated heterocycles. The molecule has 120 valence electrons. The number of hydrogen-bond acceptors (Lipinski definition) is 3. The lowest BCUT2D eigenvalue weighted by Gasteiger charge is -2.48. The van der Waals surface area contributed by atoms with Gasteiger partial charge in [-0.15, -0.1) is 11.3 Å². The van der Waals surface area contributed by atoms with Crippen LogP contribution >= 0.6 is 27.3 Å². The third-order valence-electron chi connectivity index (χ3n) is 6.10. The average molecular weight is 391 g/mol. The molecular formula is C18H19BrN2OS. The van der Waals surface area contributed by atoms with Gasteiger partial charge < -0.3 is 10.6 Å². The summed E-state index contributed by atoms with van der Waals surface area (Å²) >= 11 is 5.09. The predicted octanol–water partition coefficient (Wildman–Crippen LogP) is 3.92. The van der Waals surface area contributed by atoms with Crippen molar-refractivity contribution in [2.75, 3.05) is 6.54 Å². The van der Waals surface area contributed by atoms with Crippen molar-refractivity contribution in [2.45, 2.75) is 37.3 Å². The van der Waals surface area contributed by atoms with Gasteiger partial charge in [0.25, 0.3) is 5.91 Å². The van der Waals surface area contributed by atoms with E-state index in [0.717, 1.165) is 31.9 Å². The number of carbonyl (C=O) groups excluding carboxylic acids is 1. The van der Waals surface area contributed by atoms with E-state index in [1.807, 2.05) is 12.1 Å². The van der Waals surface area contributed by atoms with Crippen LogP contribution in [-0.4, -0.2) is 24.0 Å². The zero-order valence-corrected chi connectivity index (χ0v) is 15.2. The van der Waals surface area contributed by atoms with E-state index in [0.29, 0.717) is 12.0 Å². The van der Waals surface area contributed by atoms with Crippen LogP contribution in [0.2, 0.25) is 0 Å². The molecule has 4 aliphatic rings. The molecule has 2 N–H and O–H groups in total. The van der Waals surface area contributed by atoms with Gasteiger partial charge in [-0.05, 0) is 61.1 Å². The molecule has 2 atom stereocenters. The van der Waals surface area contributed by atoms with Gasteiger partial charge in [-0.3, -0.25) is 4.79 Å². The molecule has 4 fully saturated rings. The van der Waals surface area contributed by atoms with Crippen molar-refractivity contribution in [2.24, 2.45) is 11.8 Å². The largest absolute Gasteiger partial charge is 0.346 e. The highest BCUT2D eigenvalue weighted by Gasteiger charge is 2.61. The Hall–Kier alpha value is -0.910. The van der Waals surface area contributed by atoms with E-state index in [-0.39, 0.29) is 11.4 Å². The molecule has 23 heavy (non-hydrogen) atoms. The highest BCUT2D eigenvalue weighted by molar-refractivity contribution is 9.10. The van der Waals surface area contributed by atoms with Crippen LogP contribution in [0.25, 0.3) is 10.1 Å². The van der Waals surface area contributed by atoms with Crippen LogP contribution in [0.3, 0.4) is 0 Å². The number of thiophene rings is 1. The van der Waals surface area contributed by atoms with Crippen molar-refractivity contribution in [3.63, 3.8) is 0 Å². The zero-order valence-electron chi connectivity index (χ0n) is 12.8. The molecular weight excluding hydrogens is 372 g/mol. The third-order valence-corrected chi connectivity index (χ3v) is 7.69. The fourth-order valence-electron chi connectivity index (χ4n) is 4.83. The lowest BCUT2D eigenvalue weighted by Crippen LogP contribution is -2.60. The lowest BCUT2D eigenvalue weighted by molar-refractivity contribution is 0.0637. The Balaban J connectivity index is 1.42. The Morgan fingerprint density at radius 1 is 1.26 bits per heavy atom. The summed E-state index contributed by atoms with van der Waals surface area (Å²) in [4.78, 5) is 13.6. The standard InChI is InChI=1S/C18H19BrN2OS/c19-13-6-3-11-7-15(23-14(11)8-13)17(22)21-16-10-1-4-12(5-2-10)18(16)9-20-18/h3,6-8,10,12,16,20H,1-2,4-5,9H2,(H,21,22)/t10?,12?,16?,18-/m0/s1. The van der Waals surface area contributed by atoms with Crippen LogP contribution < -0.4 is 10.6 Å². The molecule has 2 aromatic rings. The number of halogens is 1. The van der Waals surface area contributed by atoms with Gasteiger partial charge in [0.15, 0.2) is 0 Å². The molecule has 3 nitrogen and oxygen atoms in total. The Kier molecular flexibility index (Phi) is 3.16. The topological polar surface area (TPSA) is 51.0 Å². The fourth-order valence-corrected chi connectivity index (χ4v) is 6.35. The van der Waals surface area contributed by atoms with Crippen molar-refractivity contribution in [1.29, 1.82) is 0 Å². The van der Waals surface area contributed by atoms with Crippen molar-refractivity contribution in [3.05, 3.63) is 33.6 Å². The molecule has 1 unspecified atom stereocenters. The van der Waals surface area contributed by atoms with Crippen molar-refractivity contribution >= 4 is 43.3 Å². The molecule has 5 heteroatoms. The van der Waals surface area contributed by atoms with Gasteiger partial charge in [0.05, 0.1) is 16.5 Å². The first-order chi connectivity index (χ1) is 11.2. The molecule has 6 rings (SSSR count). The fraction of sp³-hybridized carbons (Fsp3) is 0.500. The Morgan fingerprint density at radius 2 is 2.04 bits per heavy atom. The van der Waals surface area contributed by atoms with Gasteiger partial charge in [-0.2, -0.15) is 0 Å². The van der Waals surface area contributed by atoms with Crippen LogP contribution in [0.1, 0.15) is 35.4 Å². The molecule has 1 spiro atoms. The first kappa shape index (κ1) is 14.4. The number of amides is 1. The molecule has 3 aliphatic carbocycles. The Labute approximate surface area is 148 Å². The van der Waals surface area contributed by atoms with Crippen LogP contribution in [-0.2, 0) is 0 Å². The SMILES string of the molecule is O=C(NC1C2CCC(CC2)[C@@]12CN2)c1cc2ccc(Br)cc2s1. The maximum absolute atomic E-state index is 12.8. The maximum Gasteiger partial charge on any atom is 0.261 e. The minimum atomic E-state index is 0.105. The molecule has 0 radical (unpaired) electrons. The maximum atomic E-state index is 12.8. The van der Waals surface area contributed by atoms with Gasteiger partial charge in [-0.25, -0.2) is 0 Å². The minimum absolute atomic E-state index is 0.105. The van der Waals surface area contributed by atoms with Crippen LogP contribution in [0.5, 0.6) is 0 Å². The van der Waals surface area contributed by atoms with Crippen LogP contribution in [0.15, 0.2) is 28.7 Å². The second-order valence-electron chi connectivity index (χ2n) is 7.25. The van der Waals surface area contributed by atoms with Gasteiger partial charge in [0.1, 0.15) is 0 Å². The summed E-state index contributed by atoms with van der Waals surface area (Å²) in [6.45, 7) is 1.08. The summed E-state index contributed by atoms with van der Waals surface area (Å²) in [5.41, 5.74) is 0.219. The summed E-state index contributed by atoms with van der Waals surface area (Å²) in [5, 5.41) is 8.14. The number of hydrogen-bond donors (Lipinski definition) is 2. The Bertz CT molecular complexity index is 789. The first-order valence-corrected chi connectivity index (χ1v) is 10.0. The number of benzene rings is 1. The molecule has 3 saturated carbocycles. The van der Waals surface area contributed by atoms with Gasteiger partial charge >= 0.3 is 0 Å². The second-order valence-corrected chi connectivity index (χ2v) is 9.25. The number of nitrogens with one attached hydrogen (secondary N) is 2. The van der Waals surface area contributed by atoms with E-state index in [9.17, 15) is 4.79 Å². The lowest BCUT2D eigenvalue weighted by atomic mass is 9.61. The molecule has 1 amide bonds. The molecule has 1 aromatic heterocycles. The number of rotatable bonds is 2. The number of fused-ring (bicyclic) bond motifs is 3. The summed E-state index contributed by atoms with van der Waals surface area (Å²) in [6, 6.07) is 8.53. The monoisotopic (exact) mass is 390 g/mol. The molecule has 1 aliphatic heterocycles. The number of carbonyl (C=O) groups is 1. The highest BCUT2D eigenvalue weighted by atomic mass is 79.9. The van der Waals surface area contributed by atoms with E-state index in [1.165, 1.54) is 25.7 Å². The zero-order chi connectivity index (χ0) is 15.6. The van der Waals surface area contributed by atoms with Crippen LogP contribution in [0.4, 0.5) is 0 Å². The van der Waals surface area contributed by atoms with Crippen molar-refractivity contribution in [1.82, 2.24) is 10.6 Å². The molecule has 2 bridgehead atoms. The molecule has 1 aromatic carbocycles. The summed E-state index contributed by atoms with van der Waals surface area (Å²) in [7, 11) is 0. The summed E-state index contributed by atoms with van der Waals surface area (Å²) in [6.07, 6.45) is 5.22. The highest BCUT2D eigenvalue weighted by Crippen LogP contribution is 2.51. The van der Waals surface area contributed by atoms with E-state index in [1.54, 1.807) is 11.3 Å². The third kappa shape index (κ3) is 2.20. The second kappa shape index (κ2) is 5.04. The van der Waals surface area contributed by atoms with Gasteiger partial charge in [-0.1, -0.05) is 22.0 Å². The Morgan fingerprint density at radius 3 is 2.78 bits per heavy atom. The minimum Gasteiger partial charge on any atom is -0.346 e. The van der Waals surface area contributed by atoms with Gasteiger partial charge in [0.2, 0.25) is 0 Å². The van der Waals surface area contributed by atoms with E-state index in [4.69, 9.17) is 0 Å². The quantitative estimate of drug-likeness (QED) is 0.763. The summed E-state index contributed by atoms with van der Waals surface area (Å²) < 4.78 is 2.22. The normalized spacial score (nSPS) is 34.9. The van der Waals surface area contributed by atoms with E-state index in [2.05, 4.69) is 38.7 Å². The van der Waals surface area contributed by atoms with E-state index >= 15 is 0 Å². The average Bonchev–Trinajstić information content (AvgIpc) is 3.22. The van der Waals surface area contributed by atoms with Gasteiger partial charge in [0, 0.05) is 15.7 Å². The van der Waals surface area contributed by atoms with E-state index < -0.39 is 0 Å². The predicted molar refractivity (Wildman–Crippen MR) is 97.0 cm³/mol. The molecule has 2 heterocycles. The smallest absolute Gasteiger partial charge is 0.261 e. The van der Waals surface area contributed by atoms with Crippen molar-refractivity contribution < 1.29 is 4.79 Å². The first-order valence-electron chi connectivity index (χ1n) is 8.41. The van der Waals surface area contributed by atoms with Crippen LogP contribution in [0, 0.1) is 11.8 Å².